The average molecular weight is 553 g/mol. The van der Waals surface area contributed by atoms with E-state index in [-0.39, 0.29) is 35.2 Å². The second kappa shape index (κ2) is 11.3. The van der Waals surface area contributed by atoms with Crippen LogP contribution >= 0.6 is 24.0 Å². The van der Waals surface area contributed by atoms with Crippen LogP contribution in [0.1, 0.15) is 36.0 Å². The van der Waals surface area contributed by atoms with Crippen LogP contribution in [-0.2, 0) is 16.7 Å². The minimum atomic E-state index is -0.178. The standard InChI is InChI=1S/C25H32FN3O2.HI/c1-18-6-7-20(23(12-18)31-16-19-8-11-30-15-19)14-28-24(27-2)29-17-25(9-10-25)21-4-3-5-22(26)13-21;/h3-7,12-13,19H,8-11,14-17H2,1-2H3,(H2,27,28,29);1H. The summed E-state index contributed by atoms with van der Waals surface area (Å²) in [6.45, 7) is 5.71. The number of aryl methyl sites for hydroxylation is 1. The van der Waals surface area contributed by atoms with Crippen molar-refractivity contribution in [3.8, 4) is 5.75 Å². The molecule has 1 aliphatic carbocycles. The van der Waals surface area contributed by atoms with Crippen LogP contribution in [0.2, 0.25) is 0 Å². The molecule has 2 aromatic rings. The average Bonchev–Trinajstić information content (AvgIpc) is 3.38. The Morgan fingerprint density at radius 1 is 1.22 bits per heavy atom. The van der Waals surface area contributed by atoms with Crippen LogP contribution in [-0.4, -0.2) is 39.4 Å². The first-order valence-corrected chi connectivity index (χ1v) is 11.1. The first-order valence-electron chi connectivity index (χ1n) is 11.1. The molecule has 0 aromatic heterocycles. The third-order valence-electron chi connectivity index (χ3n) is 6.28. The van der Waals surface area contributed by atoms with Gasteiger partial charge in [0.1, 0.15) is 11.6 Å². The Hall–Kier alpha value is -1.87. The molecular weight excluding hydrogens is 520 g/mol. The summed E-state index contributed by atoms with van der Waals surface area (Å²) in [5.41, 5.74) is 3.33. The Kier molecular flexibility index (Phi) is 8.76. The van der Waals surface area contributed by atoms with Crippen LogP contribution in [0.25, 0.3) is 0 Å². The quantitative estimate of drug-likeness (QED) is 0.286. The molecule has 1 heterocycles. The zero-order valence-corrected chi connectivity index (χ0v) is 21.2. The number of aliphatic imine (C=N–C) groups is 1. The van der Waals surface area contributed by atoms with Crippen molar-refractivity contribution in [1.29, 1.82) is 0 Å². The number of nitrogens with zero attached hydrogens (tertiary/aromatic N) is 1. The fraction of sp³-hybridized carbons (Fsp3) is 0.480. The number of hydrogen-bond acceptors (Lipinski definition) is 3. The largest absolute Gasteiger partial charge is 0.493 e. The van der Waals surface area contributed by atoms with Crippen LogP contribution in [0.4, 0.5) is 4.39 Å². The zero-order valence-electron chi connectivity index (χ0n) is 18.8. The van der Waals surface area contributed by atoms with Gasteiger partial charge in [-0.25, -0.2) is 4.39 Å². The van der Waals surface area contributed by atoms with Crippen LogP contribution in [0, 0.1) is 18.7 Å². The van der Waals surface area contributed by atoms with Crippen molar-refractivity contribution in [2.45, 2.75) is 38.1 Å². The van der Waals surface area contributed by atoms with Crippen LogP contribution in [0.15, 0.2) is 47.5 Å². The van der Waals surface area contributed by atoms with E-state index >= 15 is 0 Å². The molecular formula is C25H33FIN3O2. The normalized spacial score (nSPS) is 19.2. The second-order valence-corrected chi connectivity index (χ2v) is 8.72. The predicted molar refractivity (Wildman–Crippen MR) is 137 cm³/mol. The molecule has 1 atom stereocenters. The smallest absolute Gasteiger partial charge is 0.191 e. The highest BCUT2D eigenvalue weighted by Gasteiger charge is 2.44. The lowest BCUT2D eigenvalue weighted by molar-refractivity contribution is 0.166. The summed E-state index contributed by atoms with van der Waals surface area (Å²) in [6, 6.07) is 13.2. The van der Waals surface area contributed by atoms with Gasteiger partial charge in [0.15, 0.2) is 5.96 Å². The lowest BCUT2D eigenvalue weighted by Crippen LogP contribution is -2.41. The van der Waals surface area contributed by atoms with Gasteiger partial charge in [0.05, 0.1) is 13.2 Å². The van der Waals surface area contributed by atoms with E-state index in [4.69, 9.17) is 9.47 Å². The first-order chi connectivity index (χ1) is 15.1. The molecule has 2 aromatic carbocycles. The minimum Gasteiger partial charge on any atom is -0.493 e. The highest BCUT2D eigenvalue weighted by atomic mass is 127. The summed E-state index contributed by atoms with van der Waals surface area (Å²) in [6.07, 6.45) is 3.17. The Labute approximate surface area is 207 Å². The van der Waals surface area contributed by atoms with Crippen molar-refractivity contribution < 1.29 is 13.9 Å². The molecule has 0 amide bonds. The van der Waals surface area contributed by atoms with Gasteiger partial charge < -0.3 is 20.1 Å². The van der Waals surface area contributed by atoms with Gasteiger partial charge in [-0.2, -0.15) is 0 Å². The Morgan fingerprint density at radius 2 is 2.06 bits per heavy atom. The first kappa shape index (κ1) is 24.8. The third-order valence-corrected chi connectivity index (χ3v) is 6.28. The topological polar surface area (TPSA) is 54.9 Å². The SMILES string of the molecule is CN=C(NCc1ccc(C)cc1OCC1CCOC1)NCC1(c2cccc(F)c2)CC1.I. The molecule has 2 N–H and O–H groups in total. The summed E-state index contributed by atoms with van der Waals surface area (Å²) in [7, 11) is 1.77. The fourth-order valence-electron chi connectivity index (χ4n) is 4.05. The molecule has 0 spiro atoms. The number of halogens is 2. The van der Waals surface area contributed by atoms with Gasteiger partial charge >= 0.3 is 0 Å². The molecule has 2 fully saturated rings. The predicted octanol–water partition coefficient (Wildman–Crippen LogP) is 4.56. The highest BCUT2D eigenvalue weighted by molar-refractivity contribution is 14.0. The Balaban J connectivity index is 0.00000289. The van der Waals surface area contributed by atoms with Crippen molar-refractivity contribution in [2.24, 2.45) is 10.9 Å². The van der Waals surface area contributed by atoms with E-state index in [9.17, 15) is 4.39 Å². The van der Waals surface area contributed by atoms with Gasteiger partial charge in [0.2, 0.25) is 0 Å². The van der Waals surface area contributed by atoms with Crippen LogP contribution < -0.4 is 15.4 Å². The summed E-state index contributed by atoms with van der Waals surface area (Å²) in [5, 5.41) is 6.82. The van der Waals surface area contributed by atoms with Gasteiger partial charge in [-0.1, -0.05) is 24.3 Å². The van der Waals surface area contributed by atoms with Gasteiger partial charge in [0, 0.05) is 43.6 Å². The molecule has 1 unspecified atom stereocenters. The molecule has 32 heavy (non-hydrogen) atoms. The molecule has 1 aliphatic heterocycles. The number of benzene rings is 2. The van der Waals surface area contributed by atoms with E-state index in [1.165, 1.54) is 11.6 Å². The van der Waals surface area contributed by atoms with Crippen molar-refractivity contribution in [2.75, 3.05) is 33.4 Å². The van der Waals surface area contributed by atoms with E-state index in [2.05, 4.69) is 40.7 Å². The van der Waals surface area contributed by atoms with E-state index in [0.717, 1.165) is 61.9 Å². The van der Waals surface area contributed by atoms with E-state index in [1.807, 2.05) is 6.07 Å². The molecule has 4 rings (SSSR count). The maximum absolute atomic E-state index is 13.7. The molecule has 5 nitrogen and oxygen atoms in total. The molecule has 1 saturated carbocycles. The van der Waals surface area contributed by atoms with Gasteiger partial charge in [-0.15, -0.1) is 24.0 Å². The molecule has 174 valence electrons. The maximum atomic E-state index is 13.7. The van der Waals surface area contributed by atoms with Crippen molar-refractivity contribution >= 4 is 29.9 Å². The van der Waals surface area contributed by atoms with E-state index in [1.54, 1.807) is 19.2 Å². The fourth-order valence-corrected chi connectivity index (χ4v) is 4.05. The minimum absolute atomic E-state index is 0. The Morgan fingerprint density at radius 3 is 2.75 bits per heavy atom. The number of nitrogens with one attached hydrogen (secondary N) is 2. The van der Waals surface area contributed by atoms with E-state index < -0.39 is 0 Å². The van der Waals surface area contributed by atoms with Crippen molar-refractivity contribution in [3.05, 3.63) is 65.0 Å². The summed E-state index contributed by atoms with van der Waals surface area (Å²) in [5.74, 6) is 1.93. The third kappa shape index (κ3) is 6.34. The summed E-state index contributed by atoms with van der Waals surface area (Å²) < 4.78 is 25.3. The molecule has 0 radical (unpaired) electrons. The molecule has 1 saturated heterocycles. The summed E-state index contributed by atoms with van der Waals surface area (Å²) in [4.78, 5) is 4.36. The molecule has 2 aliphatic rings. The van der Waals surface area contributed by atoms with Gasteiger partial charge in [0.25, 0.3) is 0 Å². The highest BCUT2D eigenvalue weighted by Crippen LogP contribution is 2.47. The molecule has 7 heteroatoms. The monoisotopic (exact) mass is 553 g/mol. The maximum Gasteiger partial charge on any atom is 0.191 e. The van der Waals surface area contributed by atoms with Crippen molar-refractivity contribution in [3.63, 3.8) is 0 Å². The van der Waals surface area contributed by atoms with Crippen LogP contribution in [0.5, 0.6) is 5.75 Å². The van der Waals surface area contributed by atoms with Crippen LogP contribution in [0.3, 0.4) is 0 Å². The van der Waals surface area contributed by atoms with Crippen molar-refractivity contribution in [1.82, 2.24) is 10.6 Å². The zero-order chi connectivity index (χ0) is 21.7. The Bertz CT molecular complexity index is 927. The number of rotatable bonds is 8. The lowest BCUT2D eigenvalue weighted by Gasteiger charge is -2.20. The molecule has 0 bridgehead atoms. The second-order valence-electron chi connectivity index (χ2n) is 8.72. The van der Waals surface area contributed by atoms with Gasteiger partial charge in [-0.05, 0) is 55.5 Å². The lowest BCUT2D eigenvalue weighted by atomic mass is 9.96. The number of ether oxygens (including phenoxy) is 2. The number of hydrogen-bond donors (Lipinski definition) is 2. The van der Waals surface area contributed by atoms with Gasteiger partial charge in [-0.3, -0.25) is 4.99 Å². The summed E-state index contributed by atoms with van der Waals surface area (Å²) >= 11 is 0. The number of guanidine groups is 1. The van der Waals surface area contributed by atoms with E-state index in [0.29, 0.717) is 19.1 Å².